The fourth-order valence-electron chi connectivity index (χ4n) is 2.26. The Hall–Kier alpha value is -2.54. The van der Waals surface area contributed by atoms with E-state index in [0.29, 0.717) is 23.3 Å². The van der Waals surface area contributed by atoms with E-state index < -0.39 is 0 Å². The van der Waals surface area contributed by atoms with Crippen LogP contribution in [0.5, 0.6) is 5.75 Å². The van der Waals surface area contributed by atoms with Crippen LogP contribution in [0.2, 0.25) is 0 Å². The van der Waals surface area contributed by atoms with Crippen molar-refractivity contribution in [2.45, 2.75) is 11.8 Å². The normalized spacial score (nSPS) is 10.8. The molecule has 0 spiro atoms. The van der Waals surface area contributed by atoms with E-state index in [9.17, 15) is 4.79 Å². The SMILES string of the molecule is CNC(=O)CSc1nnc(COc2cccc3ccccc23)n1C. The van der Waals surface area contributed by atoms with Crippen molar-refractivity contribution in [2.75, 3.05) is 12.8 Å². The molecule has 2 aromatic carbocycles. The van der Waals surface area contributed by atoms with Gasteiger partial charge in [0.15, 0.2) is 11.0 Å². The van der Waals surface area contributed by atoms with Crippen LogP contribution in [0.1, 0.15) is 5.82 Å². The maximum Gasteiger partial charge on any atom is 0.230 e. The van der Waals surface area contributed by atoms with Crippen LogP contribution in [0.3, 0.4) is 0 Å². The average molecular weight is 342 g/mol. The van der Waals surface area contributed by atoms with Crippen LogP contribution in [0, 0.1) is 0 Å². The molecule has 1 aromatic heterocycles. The first-order valence-corrected chi connectivity index (χ1v) is 8.50. The van der Waals surface area contributed by atoms with Crippen molar-refractivity contribution in [3.8, 4) is 5.75 Å². The molecule has 6 nitrogen and oxygen atoms in total. The third-order valence-corrected chi connectivity index (χ3v) is 4.66. The van der Waals surface area contributed by atoms with Crippen molar-refractivity contribution in [2.24, 2.45) is 7.05 Å². The molecule has 3 rings (SSSR count). The van der Waals surface area contributed by atoms with E-state index in [2.05, 4.69) is 27.6 Å². The lowest BCUT2D eigenvalue weighted by molar-refractivity contribution is -0.118. The molecule has 0 saturated heterocycles. The summed E-state index contributed by atoms with van der Waals surface area (Å²) in [5.41, 5.74) is 0. The highest BCUT2D eigenvalue weighted by atomic mass is 32.2. The van der Waals surface area contributed by atoms with Crippen LogP contribution in [-0.4, -0.2) is 33.5 Å². The molecule has 24 heavy (non-hydrogen) atoms. The number of carbonyl (C=O) groups is 1. The lowest BCUT2D eigenvalue weighted by Gasteiger charge is -2.09. The number of hydrogen-bond donors (Lipinski definition) is 1. The van der Waals surface area contributed by atoms with E-state index in [1.807, 2.05) is 41.9 Å². The van der Waals surface area contributed by atoms with Gasteiger partial charge in [0, 0.05) is 19.5 Å². The Morgan fingerprint density at radius 1 is 1.21 bits per heavy atom. The van der Waals surface area contributed by atoms with Crippen molar-refractivity contribution in [1.29, 1.82) is 0 Å². The van der Waals surface area contributed by atoms with Gasteiger partial charge >= 0.3 is 0 Å². The van der Waals surface area contributed by atoms with Crippen molar-refractivity contribution in [1.82, 2.24) is 20.1 Å². The summed E-state index contributed by atoms with van der Waals surface area (Å²) in [5, 5.41) is 13.7. The smallest absolute Gasteiger partial charge is 0.230 e. The maximum atomic E-state index is 11.3. The molecular weight excluding hydrogens is 324 g/mol. The van der Waals surface area contributed by atoms with Crippen molar-refractivity contribution >= 4 is 28.4 Å². The minimum absolute atomic E-state index is 0.0449. The van der Waals surface area contributed by atoms with E-state index in [1.54, 1.807) is 7.05 Å². The summed E-state index contributed by atoms with van der Waals surface area (Å²) in [6, 6.07) is 14.1. The molecule has 0 radical (unpaired) electrons. The van der Waals surface area contributed by atoms with Gasteiger partial charge < -0.3 is 14.6 Å². The van der Waals surface area contributed by atoms with Crippen molar-refractivity contribution in [3.05, 3.63) is 48.3 Å². The van der Waals surface area contributed by atoms with Gasteiger partial charge in [0.2, 0.25) is 5.91 Å². The number of amides is 1. The number of aromatic nitrogens is 3. The number of rotatable bonds is 6. The van der Waals surface area contributed by atoms with E-state index in [-0.39, 0.29) is 5.91 Å². The molecular formula is C17H18N4O2S. The van der Waals surface area contributed by atoms with Gasteiger partial charge in [-0.25, -0.2) is 0 Å². The second kappa shape index (κ2) is 7.35. The van der Waals surface area contributed by atoms with Gasteiger partial charge in [0.05, 0.1) is 5.75 Å². The summed E-state index contributed by atoms with van der Waals surface area (Å²) in [6.45, 7) is 0.318. The minimum atomic E-state index is -0.0449. The highest BCUT2D eigenvalue weighted by Crippen LogP contribution is 2.26. The summed E-state index contributed by atoms with van der Waals surface area (Å²) in [6.07, 6.45) is 0. The van der Waals surface area contributed by atoms with Crippen LogP contribution >= 0.6 is 11.8 Å². The van der Waals surface area contributed by atoms with E-state index in [4.69, 9.17) is 4.74 Å². The van der Waals surface area contributed by atoms with Crippen LogP contribution in [-0.2, 0) is 18.4 Å². The van der Waals surface area contributed by atoms with Gasteiger partial charge in [-0.15, -0.1) is 10.2 Å². The second-order valence-electron chi connectivity index (χ2n) is 5.19. The van der Waals surface area contributed by atoms with Crippen molar-refractivity contribution in [3.63, 3.8) is 0 Å². The van der Waals surface area contributed by atoms with Gasteiger partial charge in [0.1, 0.15) is 12.4 Å². The first-order chi connectivity index (χ1) is 11.7. The number of fused-ring (bicyclic) bond motifs is 1. The molecule has 1 amide bonds. The summed E-state index contributed by atoms with van der Waals surface area (Å²) in [4.78, 5) is 11.3. The molecule has 0 aliphatic rings. The van der Waals surface area contributed by atoms with E-state index >= 15 is 0 Å². The lowest BCUT2D eigenvalue weighted by Crippen LogP contribution is -2.20. The number of carbonyl (C=O) groups excluding carboxylic acids is 1. The number of benzene rings is 2. The minimum Gasteiger partial charge on any atom is -0.485 e. The van der Waals surface area contributed by atoms with Gasteiger partial charge in [-0.1, -0.05) is 48.2 Å². The molecule has 0 saturated carbocycles. The Labute approximate surface area is 144 Å². The number of nitrogens with one attached hydrogen (secondary N) is 1. The highest BCUT2D eigenvalue weighted by molar-refractivity contribution is 7.99. The zero-order valence-corrected chi connectivity index (χ0v) is 14.3. The Balaban J connectivity index is 1.70. The van der Waals surface area contributed by atoms with Gasteiger partial charge in [-0.05, 0) is 11.5 Å². The molecule has 124 valence electrons. The van der Waals surface area contributed by atoms with Gasteiger partial charge in [-0.2, -0.15) is 0 Å². The third-order valence-electron chi connectivity index (χ3n) is 3.64. The summed E-state index contributed by atoms with van der Waals surface area (Å²) >= 11 is 1.35. The van der Waals surface area contributed by atoms with Gasteiger partial charge in [-0.3, -0.25) is 4.79 Å². The maximum absolute atomic E-state index is 11.3. The summed E-state index contributed by atoms with van der Waals surface area (Å²) in [7, 11) is 3.48. The molecule has 7 heteroatoms. The number of hydrogen-bond acceptors (Lipinski definition) is 5. The monoisotopic (exact) mass is 342 g/mol. The summed E-state index contributed by atoms with van der Waals surface area (Å²) < 4.78 is 7.78. The Morgan fingerprint density at radius 2 is 2.00 bits per heavy atom. The van der Waals surface area contributed by atoms with Gasteiger partial charge in [0.25, 0.3) is 0 Å². The zero-order valence-electron chi connectivity index (χ0n) is 13.5. The lowest BCUT2D eigenvalue weighted by atomic mass is 10.1. The molecule has 0 unspecified atom stereocenters. The standard InChI is InChI=1S/C17H18N4O2S/c1-18-16(22)11-24-17-20-19-15(21(17)2)10-23-14-9-5-7-12-6-3-4-8-13(12)14/h3-9H,10-11H2,1-2H3,(H,18,22). The molecule has 3 aromatic rings. The fraction of sp³-hybridized carbons (Fsp3) is 0.235. The van der Waals surface area contributed by atoms with E-state index in [0.717, 1.165) is 16.5 Å². The second-order valence-corrected chi connectivity index (χ2v) is 6.13. The molecule has 0 fully saturated rings. The Bertz CT molecular complexity index is 857. The predicted octanol–water partition coefficient (Wildman–Crippen LogP) is 2.39. The molecule has 1 heterocycles. The first-order valence-electron chi connectivity index (χ1n) is 7.51. The number of nitrogens with zero attached hydrogens (tertiary/aromatic N) is 3. The largest absolute Gasteiger partial charge is 0.485 e. The predicted molar refractivity (Wildman–Crippen MR) is 94.1 cm³/mol. The molecule has 0 aliphatic heterocycles. The van der Waals surface area contributed by atoms with Crippen LogP contribution < -0.4 is 10.1 Å². The Morgan fingerprint density at radius 3 is 2.83 bits per heavy atom. The molecule has 0 atom stereocenters. The fourth-order valence-corrected chi connectivity index (χ4v) is 3.06. The summed E-state index contributed by atoms with van der Waals surface area (Å²) in [5.74, 6) is 1.79. The number of thioether (sulfide) groups is 1. The molecule has 1 N–H and O–H groups in total. The quantitative estimate of drug-likeness (QED) is 0.697. The van der Waals surface area contributed by atoms with Crippen LogP contribution in [0.15, 0.2) is 47.6 Å². The topological polar surface area (TPSA) is 69.0 Å². The molecule has 0 bridgehead atoms. The third kappa shape index (κ3) is 3.51. The zero-order chi connectivity index (χ0) is 16.9. The highest BCUT2D eigenvalue weighted by Gasteiger charge is 2.12. The average Bonchev–Trinajstić information content (AvgIpc) is 2.97. The van der Waals surface area contributed by atoms with Crippen LogP contribution in [0.4, 0.5) is 0 Å². The Kier molecular flexibility index (Phi) is 5.00. The van der Waals surface area contributed by atoms with Crippen molar-refractivity contribution < 1.29 is 9.53 Å². The molecule has 0 aliphatic carbocycles. The van der Waals surface area contributed by atoms with Crippen LogP contribution in [0.25, 0.3) is 10.8 Å². The number of ether oxygens (including phenoxy) is 1. The first kappa shape index (κ1) is 16.3. The van der Waals surface area contributed by atoms with E-state index in [1.165, 1.54) is 11.8 Å².